The van der Waals surface area contributed by atoms with Gasteiger partial charge in [0.15, 0.2) is 0 Å². The maximum atomic E-state index is 13.7. The topological polar surface area (TPSA) is 57.6 Å². The highest BCUT2D eigenvalue weighted by Crippen LogP contribution is 2.25. The lowest BCUT2D eigenvalue weighted by Gasteiger charge is -2.29. The standard InChI is InChI=1S/C12H15F2NO3S/c1-8-5-12(11(14)6-10(8)13)19(17,18)15-4-2-3-9(16)7-15/h5-6,9,16H,2-4,7H2,1H3. The summed E-state index contributed by atoms with van der Waals surface area (Å²) in [6, 6.07) is 1.56. The van der Waals surface area contributed by atoms with Crippen molar-refractivity contribution in [1.29, 1.82) is 0 Å². The second kappa shape index (κ2) is 5.15. The fourth-order valence-corrected chi connectivity index (χ4v) is 3.75. The molecule has 1 aromatic carbocycles. The second-order valence-corrected chi connectivity index (χ2v) is 6.60. The number of hydrogen-bond donors (Lipinski definition) is 1. The van der Waals surface area contributed by atoms with E-state index in [1.807, 2.05) is 0 Å². The van der Waals surface area contributed by atoms with Crippen LogP contribution in [0.15, 0.2) is 17.0 Å². The zero-order chi connectivity index (χ0) is 14.2. The number of benzene rings is 1. The number of aryl methyl sites for hydroxylation is 1. The smallest absolute Gasteiger partial charge is 0.246 e. The Balaban J connectivity index is 2.42. The van der Waals surface area contributed by atoms with E-state index < -0.39 is 32.7 Å². The van der Waals surface area contributed by atoms with Crippen molar-refractivity contribution in [1.82, 2.24) is 4.31 Å². The minimum atomic E-state index is -4.03. The van der Waals surface area contributed by atoms with Gasteiger partial charge in [0.1, 0.15) is 16.5 Å². The van der Waals surface area contributed by atoms with Crippen LogP contribution in [0.1, 0.15) is 18.4 Å². The Bertz CT molecular complexity index is 589. The van der Waals surface area contributed by atoms with Crippen molar-refractivity contribution >= 4 is 10.0 Å². The predicted octanol–water partition coefficient (Wildman–Crippen LogP) is 1.42. The van der Waals surface area contributed by atoms with Crippen molar-refractivity contribution in [2.24, 2.45) is 0 Å². The molecule has 4 nitrogen and oxygen atoms in total. The number of aliphatic hydroxyl groups excluding tert-OH is 1. The minimum Gasteiger partial charge on any atom is -0.392 e. The average Bonchev–Trinajstić information content (AvgIpc) is 2.33. The van der Waals surface area contributed by atoms with Crippen molar-refractivity contribution in [2.45, 2.75) is 30.8 Å². The quantitative estimate of drug-likeness (QED) is 0.896. The van der Waals surface area contributed by atoms with Gasteiger partial charge in [0.05, 0.1) is 6.10 Å². The fourth-order valence-electron chi connectivity index (χ4n) is 2.11. The predicted molar refractivity (Wildman–Crippen MR) is 65.1 cm³/mol. The molecule has 1 unspecified atom stereocenters. The largest absolute Gasteiger partial charge is 0.392 e. The van der Waals surface area contributed by atoms with Gasteiger partial charge in [0.2, 0.25) is 10.0 Å². The van der Waals surface area contributed by atoms with Gasteiger partial charge in [0, 0.05) is 19.2 Å². The highest BCUT2D eigenvalue weighted by atomic mass is 32.2. The van der Waals surface area contributed by atoms with Gasteiger partial charge in [-0.15, -0.1) is 0 Å². The highest BCUT2D eigenvalue weighted by Gasteiger charge is 2.31. The van der Waals surface area contributed by atoms with Gasteiger partial charge in [-0.25, -0.2) is 17.2 Å². The van der Waals surface area contributed by atoms with Crippen molar-refractivity contribution in [3.8, 4) is 0 Å². The summed E-state index contributed by atoms with van der Waals surface area (Å²) in [4.78, 5) is -0.541. The Morgan fingerprint density at radius 2 is 2.00 bits per heavy atom. The van der Waals surface area contributed by atoms with Crippen LogP contribution in [0.4, 0.5) is 8.78 Å². The molecule has 1 heterocycles. The third kappa shape index (κ3) is 2.77. The van der Waals surface area contributed by atoms with Crippen LogP contribution in [0.25, 0.3) is 0 Å². The molecule has 7 heteroatoms. The fraction of sp³-hybridized carbons (Fsp3) is 0.500. The number of halogens is 2. The number of β-amino-alcohol motifs (C(OH)–C–C–N with tert-alkyl or cyclic N) is 1. The lowest BCUT2D eigenvalue weighted by Crippen LogP contribution is -2.42. The van der Waals surface area contributed by atoms with Gasteiger partial charge in [-0.05, 0) is 31.4 Å². The van der Waals surface area contributed by atoms with Gasteiger partial charge < -0.3 is 5.11 Å². The van der Waals surface area contributed by atoms with E-state index in [1.165, 1.54) is 6.92 Å². The zero-order valence-corrected chi connectivity index (χ0v) is 11.3. The first-order valence-electron chi connectivity index (χ1n) is 5.96. The number of nitrogens with zero attached hydrogens (tertiary/aromatic N) is 1. The van der Waals surface area contributed by atoms with Crippen molar-refractivity contribution in [3.63, 3.8) is 0 Å². The van der Waals surface area contributed by atoms with E-state index in [0.29, 0.717) is 18.9 Å². The summed E-state index contributed by atoms with van der Waals surface area (Å²) >= 11 is 0. The Morgan fingerprint density at radius 3 is 2.63 bits per heavy atom. The molecule has 1 aliphatic rings. The molecule has 1 aliphatic heterocycles. The zero-order valence-electron chi connectivity index (χ0n) is 10.4. The summed E-state index contributed by atoms with van der Waals surface area (Å²) in [5, 5.41) is 9.50. The lowest BCUT2D eigenvalue weighted by atomic mass is 10.1. The third-order valence-electron chi connectivity index (χ3n) is 3.19. The second-order valence-electron chi connectivity index (χ2n) is 4.69. The van der Waals surface area contributed by atoms with Crippen LogP contribution in [0.5, 0.6) is 0 Å². The summed E-state index contributed by atoms with van der Waals surface area (Å²) in [5.41, 5.74) is 0.0672. The van der Waals surface area contributed by atoms with E-state index in [2.05, 4.69) is 0 Å². The maximum Gasteiger partial charge on any atom is 0.246 e. The molecule has 106 valence electrons. The van der Waals surface area contributed by atoms with Crippen molar-refractivity contribution < 1.29 is 22.3 Å². The first kappa shape index (κ1) is 14.4. The van der Waals surface area contributed by atoms with Crippen LogP contribution in [-0.4, -0.2) is 37.0 Å². The third-order valence-corrected chi connectivity index (χ3v) is 5.07. The van der Waals surface area contributed by atoms with Gasteiger partial charge in [-0.3, -0.25) is 0 Å². The number of hydrogen-bond acceptors (Lipinski definition) is 3. The van der Waals surface area contributed by atoms with E-state index in [-0.39, 0.29) is 18.7 Å². The molecule has 1 saturated heterocycles. The van der Waals surface area contributed by atoms with Crippen LogP contribution in [-0.2, 0) is 10.0 Å². The molecule has 0 spiro atoms. The monoisotopic (exact) mass is 291 g/mol. The van der Waals surface area contributed by atoms with Crippen LogP contribution >= 0.6 is 0 Å². The Hall–Kier alpha value is -1.05. The highest BCUT2D eigenvalue weighted by molar-refractivity contribution is 7.89. The van der Waals surface area contributed by atoms with E-state index in [4.69, 9.17) is 0 Å². The Labute approximate surface area is 110 Å². The van der Waals surface area contributed by atoms with Crippen LogP contribution < -0.4 is 0 Å². The molecular formula is C12H15F2NO3S. The molecule has 1 N–H and O–H groups in total. The summed E-state index contributed by atoms with van der Waals surface area (Å²) in [7, 11) is -4.03. The summed E-state index contributed by atoms with van der Waals surface area (Å²) in [6.45, 7) is 1.55. The van der Waals surface area contributed by atoms with Crippen molar-refractivity contribution in [2.75, 3.05) is 13.1 Å². The lowest BCUT2D eigenvalue weighted by molar-refractivity contribution is 0.108. The molecule has 0 aromatic heterocycles. The first-order chi connectivity index (χ1) is 8.82. The average molecular weight is 291 g/mol. The molecule has 1 aromatic rings. The SMILES string of the molecule is Cc1cc(S(=O)(=O)N2CCCC(O)C2)c(F)cc1F. The molecule has 0 bridgehead atoms. The van der Waals surface area contributed by atoms with E-state index in [0.717, 1.165) is 10.4 Å². The molecule has 19 heavy (non-hydrogen) atoms. The molecule has 0 aliphatic carbocycles. The molecule has 0 amide bonds. The van der Waals surface area contributed by atoms with Crippen LogP contribution in [0.3, 0.4) is 0 Å². The van der Waals surface area contributed by atoms with Gasteiger partial charge in [0.25, 0.3) is 0 Å². The Morgan fingerprint density at radius 1 is 1.32 bits per heavy atom. The molecule has 0 saturated carbocycles. The molecule has 2 rings (SSSR count). The van der Waals surface area contributed by atoms with Crippen LogP contribution in [0.2, 0.25) is 0 Å². The molecule has 1 fully saturated rings. The number of rotatable bonds is 2. The van der Waals surface area contributed by atoms with Gasteiger partial charge >= 0.3 is 0 Å². The van der Waals surface area contributed by atoms with Gasteiger partial charge in [-0.2, -0.15) is 4.31 Å². The number of piperidine rings is 1. The van der Waals surface area contributed by atoms with Gasteiger partial charge in [-0.1, -0.05) is 0 Å². The van der Waals surface area contributed by atoms with Crippen molar-refractivity contribution in [3.05, 3.63) is 29.3 Å². The van der Waals surface area contributed by atoms with E-state index in [1.54, 1.807) is 0 Å². The number of sulfonamides is 1. The maximum absolute atomic E-state index is 13.7. The first-order valence-corrected chi connectivity index (χ1v) is 7.40. The summed E-state index contributed by atoms with van der Waals surface area (Å²) < 4.78 is 52.4. The molecular weight excluding hydrogens is 276 g/mol. The van der Waals surface area contributed by atoms with E-state index in [9.17, 15) is 22.3 Å². The number of aliphatic hydroxyl groups is 1. The van der Waals surface area contributed by atoms with E-state index >= 15 is 0 Å². The summed E-state index contributed by atoms with van der Waals surface area (Å²) in [6.07, 6.45) is 0.298. The normalized spacial score (nSPS) is 21.6. The minimum absolute atomic E-state index is 0.0573. The Kier molecular flexibility index (Phi) is 3.89. The molecule has 1 atom stereocenters. The summed E-state index contributed by atoms with van der Waals surface area (Å²) in [5.74, 6) is -1.89. The van der Waals surface area contributed by atoms with Crippen LogP contribution in [0, 0.1) is 18.6 Å². The molecule has 0 radical (unpaired) electrons.